The van der Waals surface area contributed by atoms with Gasteiger partial charge in [-0.25, -0.2) is 9.59 Å². The lowest BCUT2D eigenvalue weighted by Crippen LogP contribution is -3.14. The molecule has 0 amide bonds. The first-order valence-corrected chi connectivity index (χ1v) is 8.63. The van der Waals surface area contributed by atoms with Crippen molar-refractivity contribution in [3.05, 3.63) is 59.7 Å². The van der Waals surface area contributed by atoms with E-state index >= 15 is 0 Å². The fourth-order valence-corrected chi connectivity index (χ4v) is 1.79. The SMILES string of the molecule is C[NH+](C)CC[NH+](C)C.O=C(O)c1ccccc1[O-].O=C(O)c1ccccc1[O-]. The van der Waals surface area contributed by atoms with Crippen molar-refractivity contribution in [1.82, 2.24) is 0 Å². The van der Waals surface area contributed by atoms with Gasteiger partial charge in [0.1, 0.15) is 13.1 Å². The van der Waals surface area contributed by atoms with Crippen LogP contribution in [-0.4, -0.2) is 63.4 Å². The van der Waals surface area contributed by atoms with E-state index in [1.54, 1.807) is 0 Å². The number of hydrogen-bond donors (Lipinski definition) is 4. The molecule has 0 aliphatic heterocycles. The van der Waals surface area contributed by atoms with Gasteiger partial charge in [0.2, 0.25) is 0 Å². The number of quaternary nitrogens is 2. The van der Waals surface area contributed by atoms with Crippen molar-refractivity contribution < 1.29 is 39.8 Å². The summed E-state index contributed by atoms with van der Waals surface area (Å²) in [6, 6.07) is 11.1. The Morgan fingerprint density at radius 3 is 1.18 bits per heavy atom. The molecule has 154 valence electrons. The minimum atomic E-state index is -1.18. The molecule has 0 spiro atoms. The Bertz CT molecular complexity index is 683. The highest BCUT2D eigenvalue weighted by Gasteiger charge is 2.00. The van der Waals surface area contributed by atoms with Crippen LogP contribution >= 0.6 is 0 Å². The lowest BCUT2D eigenvalue weighted by atomic mass is 10.2. The summed E-state index contributed by atoms with van der Waals surface area (Å²) in [5.41, 5.74) is -0.356. The molecule has 8 heteroatoms. The van der Waals surface area contributed by atoms with Crippen LogP contribution in [0, 0.1) is 0 Å². The largest absolute Gasteiger partial charge is 0.872 e. The topological polar surface area (TPSA) is 130 Å². The van der Waals surface area contributed by atoms with E-state index in [9.17, 15) is 19.8 Å². The number of carbonyl (C=O) groups is 2. The Hall–Kier alpha value is -3.10. The average molecular weight is 392 g/mol. The van der Waals surface area contributed by atoms with E-state index in [-0.39, 0.29) is 11.1 Å². The molecule has 0 radical (unpaired) electrons. The van der Waals surface area contributed by atoms with Crippen molar-refractivity contribution in [2.24, 2.45) is 0 Å². The molecule has 2 rings (SSSR count). The third kappa shape index (κ3) is 10.8. The quantitative estimate of drug-likeness (QED) is 0.475. The van der Waals surface area contributed by atoms with Gasteiger partial charge in [-0.1, -0.05) is 47.9 Å². The van der Waals surface area contributed by atoms with Gasteiger partial charge in [-0.2, -0.15) is 0 Å². The van der Waals surface area contributed by atoms with E-state index in [1.165, 1.54) is 71.4 Å². The number of carboxylic acid groups (broad SMARTS) is 2. The monoisotopic (exact) mass is 392 g/mol. The summed E-state index contributed by atoms with van der Waals surface area (Å²) in [6.45, 7) is 2.53. The third-order valence-corrected chi connectivity index (χ3v) is 3.36. The van der Waals surface area contributed by atoms with Crippen molar-refractivity contribution in [2.75, 3.05) is 41.3 Å². The maximum absolute atomic E-state index is 10.7. The predicted octanol–water partition coefficient (Wildman–Crippen LogP) is -1.81. The van der Waals surface area contributed by atoms with Gasteiger partial charge in [0.25, 0.3) is 0 Å². The number of benzene rings is 2. The number of carboxylic acids is 2. The first-order valence-electron chi connectivity index (χ1n) is 8.63. The van der Waals surface area contributed by atoms with E-state index in [1.807, 2.05) is 0 Å². The number of para-hydroxylation sites is 2. The van der Waals surface area contributed by atoms with Crippen LogP contribution in [0.3, 0.4) is 0 Å². The molecule has 0 unspecified atom stereocenters. The zero-order valence-electron chi connectivity index (χ0n) is 16.6. The number of aromatic carboxylic acids is 2. The van der Waals surface area contributed by atoms with Gasteiger partial charge in [-0.15, -0.1) is 0 Å². The molecule has 0 saturated carbocycles. The molecular formula is C20H28N2O6. The molecule has 4 N–H and O–H groups in total. The predicted molar refractivity (Wildman–Crippen MR) is 101 cm³/mol. The van der Waals surface area contributed by atoms with E-state index < -0.39 is 23.4 Å². The molecule has 8 nitrogen and oxygen atoms in total. The minimum absolute atomic E-state index is 0.178. The zero-order valence-corrected chi connectivity index (χ0v) is 16.6. The van der Waals surface area contributed by atoms with Crippen molar-refractivity contribution in [1.29, 1.82) is 0 Å². The van der Waals surface area contributed by atoms with Crippen molar-refractivity contribution in [3.63, 3.8) is 0 Å². The fraction of sp³-hybridized carbons (Fsp3) is 0.300. The van der Waals surface area contributed by atoms with Crippen LogP contribution < -0.4 is 20.0 Å². The van der Waals surface area contributed by atoms with Crippen LogP contribution in [0.5, 0.6) is 11.5 Å². The lowest BCUT2D eigenvalue weighted by Gasteiger charge is -2.09. The van der Waals surface area contributed by atoms with Gasteiger partial charge >= 0.3 is 11.9 Å². The molecule has 0 aromatic heterocycles. The number of likely N-dealkylation sites (N-methyl/N-ethyl adjacent to an activating group) is 2. The van der Waals surface area contributed by atoms with Crippen LogP contribution in [-0.2, 0) is 0 Å². The molecule has 0 atom stereocenters. The zero-order chi connectivity index (χ0) is 21.7. The van der Waals surface area contributed by atoms with E-state index in [2.05, 4.69) is 28.2 Å². The molecule has 2 aromatic rings. The summed E-state index contributed by atoms with van der Waals surface area (Å²) in [5, 5.41) is 38.1. The van der Waals surface area contributed by atoms with Gasteiger partial charge in [0.15, 0.2) is 0 Å². The highest BCUT2D eigenvalue weighted by atomic mass is 16.4. The van der Waals surface area contributed by atoms with Crippen molar-refractivity contribution in [2.45, 2.75) is 0 Å². The molecule has 0 aliphatic rings. The summed E-state index contributed by atoms with van der Waals surface area (Å²) in [6.07, 6.45) is 0. The highest BCUT2D eigenvalue weighted by molar-refractivity contribution is 5.90. The third-order valence-electron chi connectivity index (χ3n) is 3.36. The summed E-state index contributed by atoms with van der Waals surface area (Å²) in [4.78, 5) is 23.5. The number of nitrogens with one attached hydrogen (secondary N) is 2. The molecule has 0 fully saturated rings. The van der Waals surface area contributed by atoms with Crippen LogP contribution in [0.1, 0.15) is 20.7 Å². The van der Waals surface area contributed by atoms with Crippen molar-refractivity contribution in [3.8, 4) is 11.5 Å². The summed E-state index contributed by atoms with van der Waals surface area (Å²) < 4.78 is 0. The van der Waals surface area contributed by atoms with Crippen molar-refractivity contribution >= 4 is 11.9 Å². The minimum Gasteiger partial charge on any atom is -0.872 e. The standard InChI is InChI=1S/2C7H6O3.C6H16N2/c2*8-6-4-2-1-3-5(6)7(9)10;1-7(2)5-6-8(3)4/h2*1-4,8H,(H,9,10);5-6H2,1-4H3. The van der Waals surface area contributed by atoms with Gasteiger partial charge in [0, 0.05) is 0 Å². The molecule has 0 heterocycles. The van der Waals surface area contributed by atoms with Crippen LogP contribution in [0.25, 0.3) is 0 Å². The number of rotatable bonds is 5. The Balaban J connectivity index is 0.000000394. The average Bonchev–Trinajstić information content (AvgIpc) is 2.61. The highest BCUT2D eigenvalue weighted by Crippen LogP contribution is 2.11. The van der Waals surface area contributed by atoms with Crippen LogP contribution in [0.15, 0.2) is 48.5 Å². The number of hydrogen-bond acceptors (Lipinski definition) is 4. The van der Waals surface area contributed by atoms with Gasteiger partial charge in [0.05, 0.1) is 39.3 Å². The van der Waals surface area contributed by atoms with E-state index in [0.29, 0.717) is 0 Å². The smallest absolute Gasteiger partial charge is 0.335 e. The second-order valence-electron chi connectivity index (χ2n) is 6.52. The Labute approximate surface area is 164 Å². The first-order chi connectivity index (χ1) is 13.1. The Kier molecular flexibility index (Phi) is 11.7. The molecule has 2 aromatic carbocycles. The maximum Gasteiger partial charge on any atom is 0.335 e. The normalized spacial score (nSPS) is 9.79. The van der Waals surface area contributed by atoms with E-state index in [0.717, 1.165) is 0 Å². The summed E-state index contributed by atoms with van der Waals surface area (Å²) >= 11 is 0. The van der Waals surface area contributed by atoms with Gasteiger partial charge in [-0.05, 0) is 12.1 Å². The summed E-state index contributed by atoms with van der Waals surface area (Å²) in [7, 11) is 8.73. The van der Waals surface area contributed by atoms with Crippen LogP contribution in [0.4, 0.5) is 0 Å². The van der Waals surface area contributed by atoms with Gasteiger partial charge in [-0.3, -0.25) is 0 Å². The maximum atomic E-state index is 10.7. The molecule has 28 heavy (non-hydrogen) atoms. The molecule has 0 aliphatic carbocycles. The molecule has 0 bridgehead atoms. The second kappa shape index (κ2) is 13.1. The fourth-order valence-electron chi connectivity index (χ4n) is 1.79. The van der Waals surface area contributed by atoms with Crippen LogP contribution in [0.2, 0.25) is 0 Å². The Morgan fingerprint density at radius 2 is 1.00 bits per heavy atom. The lowest BCUT2D eigenvalue weighted by molar-refractivity contribution is -0.918. The van der Waals surface area contributed by atoms with Gasteiger partial charge < -0.3 is 30.2 Å². The second-order valence-corrected chi connectivity index (χ2v) is 6.52. The Morgan fingerprint density at radius 1 is 0.714 bits per heavy atom. The van der Waals surface area contributed by atoms with E-state index in [4.69, 9.17) is 10.2 Å². The molecular weight excluding hydrogens is 364 g/mol. The first kappa shape index (κ1) is 24.9. The summed E-state index contributed by atoms with van der Waals surface area (Å²) in [5.74, 6) is -3.25. The molecule has 0 saturated heterocycles.